The van der Waals surface area contributed by atoms with E-state index in [2.05, 4.69) is 10.6 Å². The summed E-state index contributed by atoms with van der Waals surface area (Å²) in [7, 11) is 0. The fraction of sp³-hybridized carbons (Fsp3) is 0.909. The molecule has 0 radical (unpaired) electrons. The van der Waals surface area contributed by atoms with Gasteiger partial charge >= 0.3 is 6.03 Å². The third-order valence-electron chi connectivity index (χ3n) is 2.91. The minimum Gasteiger partial charge on any atom is -0.396 e. The molecule has 0 bridgehead atoms. The zero-order chi connectivity index (χ0) is 11.1. The van der Waals surface area contributed by atoms with Crippen molar-refractivity contribution in [3.63, 3.8) is 0 Å². The molecule has 2 amide bonds. The number of aliphatic hydroxyl groups is 1. The van der Waals surface area contributed by atoms with E-state index in [1.807, 2.05) is 6.92 Å². The van der Waals surface area contributed by atoms with Crippen LogP contribution in [0, 0.1) is 5.92 Å². The molecule has 0 aliphatic heterocycles. The molecule has 1 aliphatic rings. The topological polar surface area (TPSA) is 61.4 Å². The van der Waals surface area contributed by atoms with Gasteiger partial charge in [0, 0.05) is 19.2 Å². The van der Waals surface area contributed by atoms with E-state index >= 15 is 0 Å². The Morgan fingerprint density at radius 1 is 1.53 bits per heavy atom. The Labute approximate surface area is 91.4 Å². The Morgan fingerprint density at radius 3 is 2.80 bits per heavy atom. The van der Waals surface area contributed by atoms with Gasteiger partial charge in [-0.15, -0.1) is 0 Å². The van der Waals surface area contributed by atoms with Crippen molar-refractivity contribution in [3.05, 3.63) is 0 Å². The molecule has 0 spiro atoms. The van der Waals surface area contributed by atoms with Crippen molar-refractivity contribution in [2.24, 2.45) is 5.92 Å². The van der Waals surface area contributed by atoms with Gasteiger partial charge in [0.25, 0.3) is 0 Å². The smallest absolute Gasteiger partial charge is 0.315 e. The van der Waals surface area contributed by atoms with Crippen LogP contribution in [0.4, 0.5) is 4.79 Å². The van der Waals surface area contributed by atoms with Crippen LogP contribution in [-0.2, 0) is 0 Å². The average molecular weight is 214 g/mol. The number of hydrogen-bond donors (Lipinski definition) is 3. The highest BCUT2D eigenvalue weighted by molar-refractivity contribution is 5.74. The van der Waals surface area contributed by atoms with Crippen molar-refractivity contribution in [2.45, 2.75) is 45.1 Å². The van der Waals surface area contributed by atoms with E-state index in [4.69, 9.17) is 5.11 Å². The van der Waals surface area contributed by atoms with E-state index < -0.39 is 0 Å². The first-order chi connectivity index (χ1) is 7.22. The molecule has 4 heteroatoms. The summed E-state index contributed by atoms with van der Waals surface area (Å²) in [6.07, 6.45) is 5.36. The van der Waals surface area contributed by atoms with Crippen LogP contribution in [-0.4, -0.2) is 30.3 Å². The number of carbonyl (C=O) groups is 1. The van der Waals surface area contributed by atoms with Crippen LogP contribution < -0.4 is 10.6 Å². The second kappa shape index (κ2) is 6.67. The third-order valence-corrected chi connectivity index (χ3v) is 2.91. The molecule has 1 unspecified atom stereocenters. The molecule has 88 valence electrons. The van der Waals surface area contributed by atoms with E-state index in [1.54, 1.807) is 0 Å². The molecule has 0 saturated heterocycles. The van der Waals surface area contributed by atoms with Gasteiger partial charge in [-0.1, -0.05) is 6.92 Å². The summed E-state index contributed by atoms with van der Waals surface area (Å²) in [5, 5.41) is 14.6. The highest BCUT2D eigenvalue weighted by Crippen LogP contribution is 2.17. The molecule has 4 nitrogen and oxygen atoms in total. The quantitative estimate of drug-likeness (QED) is 0.583. The van der Waals surface area contributed by atoms with E-state index in [1.165, 1.54) is 6.42 Å². The largest absolute Gasteiger partial charge is 0.396 e. The molecule has 0 heterocycles. The van der Waals surface area contributed by atoms with Gasteiger partial charge in [-0.3, -0.25) is 0 Å². The van der Waals surface area contributed by atoms with E-state index in [-0.39, 0.29) is 12.6 Å². The zero-order valence-corrected chi connectivity index (χ0v) is 9.46. The Kier molecular flexibility index (Phi) is 5.47. The predicted octanol–water partition coefficient (Wildman–Crippen LogP) is 1.25. The van der Waals surface area contributed by atoms with Crippen LogP contribution >= 0.6 is 0 Å². The van der Waals surface area contributed by atoms with Gasteiger partial charge in [-0.05, 0) is 38.0 Å². The number of urea groups is 1. The third kappa shape index (κ3) is 5.02. The highest BCUT2D eigenvalue weighted by Gasteiger charge is 2.18. The molecule has 1 aliphatic carbocycles. The van der Waals surface area contributed by atoms with Gasteiger partial charge in [-0.2, -0.15) is 0 Å². The van der Waals surface area contributed by atoms with Crippen LogP contribution in [0.5, 0.6) is 0 Å². The molecule has 0 aromatic heterocycles. The maximum absolute atomic E-state index is 11.3. The summed E-state index contributed by atoms with van der Waals surface area (Å²) in [5.41, 5.74) is 0. The van der Waals surface area contributed by atoms with Crippen molar-refractivity contribution >= 4 is 6.03 Å². The molecule has 0 aromatic rings. The van der Waals surface area contributed by atoms with Crippen LogP contribution in [0.15, 0.2) is 0 Å². The lowest BCUT2D eigenvalue weighted by atomic mass is 9.93. The number of carbonyl (C=O) groups excluding carboxylic acids is 1. The fourth-order valence-corrected chi connectivity index (χ4v) is 1.53. The lowest BCUT2D eigenvalue weighted by molar-refractivity contribution is 0.222. The van der Waals surface area contributed by atoms with Crippen LogP contribution in [0.1, 0.15) is 39.0 Å². The van der Waals surface area contributed by atoms with Crippen LogP contribution in [0.25, 0.3) is 0 Å². The highest BCUT2D eigenvalue weighted by atomic mass is 16.3. The maximum Gasteiger partial charge on any atom is 0.315 e. The number of nitrogens with one attached hydrogen (secondary N) is 2. The van der Waals surface area contributed by atoms with E-state index in [0.29, 0.717) is 18.5 Å². The second-order valence-corrected chi connectivity index (χ2v) is 4.46. The Hall–Kier alpha value is -0.770. The lowest BCUT2D eigenvalue weighted by Crippen LogP contribution is -2.45. The second-order valence-electron chi connectivity index (χ2n) is 4.46. The number of amides is 2. The lowest BCUT2D eigenvalue weighted by Gasteiger charge is -2.26. The molecule has 1 atom stereocenters. The summed E-state index contributed by atoms with van der Waals surface area (Å²) in [5.74, 6) is 0.335. The number of hydrogen-bond acceptors (Lipinski definition) is 2. The normalized spacial score (nSPS) is 18.0. The first kappa shape index (κ1) is 12.3. The first-order valence-electron chi connectivity index (χ1n) is 5.87. The Morgan fingerprint density at radius 2 is 2.27 bits per heavy atom. The Balaban J connectivity index is 1.92. The SMILES string of the molecule is CC(CO)CCCNC(=O)NC1CCC1. The monoisotopic (exact) mass is 214 g/mol. The molecule has 3 N–H and O–H groups in total. The van der Waals surface area contributed by atoms with Gasteiger partial charge in [0.2, 0.25) is 0 Å². The van der Waals surface area contributed by atoms with Crippen molar-refractivity contribution in [3.8, 4) is 0 Å². The van der Waals surface area contributed by atoms with Gasteiger partial charge < -0.3 is 15.7 Å². The Bertz CT molecular complexity index is 193. The van der Waals surface area contributed by atoms with Gasteiger partial charge in [-0.25, -0.2) is 4.79 Å². The molecular weight excluding hydrogens is 192 g/mol. The minimum absolute atomic E-state index is 0.0450. The van der Waals surface area contributed by atoms with E-state index in [0.717, 1.165) is 25.7 Å². The standard InChI is InChI=1S/C11H22N2O2/c1-9(8-14)4-3-7-12-11(15)13-10-5-2-6-10/h9-10,14H,2-8H2,1H3,(H2,12,13,15). The summed E-state index contributed by atoms with van der Waals surface area (Å²) in [4.78, 5) is 11.3. The molecule has 1 saturated carbocycles. The van der Waals surface area contributed by atoms with Crippen molar-refractivity contribution < 1.29 is 9.90 Å². The van der Waals surface area contributed by atoms with Gasteiger partial charge in [0.15, 0.2) is 0 Å². The van der Waals surface area contributed by atoms with E-state index in [9.17, 15) is 4.79 Å². The van der Waals surface area contributed by atoms with Gasteiger partial charge in [0.1, 0.15) is 0 Å². The number of aliphatic hydroxyl groups excluding tert-OH is 1. The van der Waals surface area contributed by atoms with Crippen LogP contribution in [0.2, 0.25) is 0 Å². The molecular formula is C11H22N2O2. The molecule has 1 fully saturated rings. The zero-order valence-electron chi connectivity index (χ0n) is 9.46. The minimum atomic E-state index is -0.0450. The average Bonchev–Trinajstić information content (AvgIpc) is 2.18. The van der Waals surface area contributed by atoms with Gasteiger partial charge in [0.05, 0.1) is 0 Å². The summed E-state index contributed by atoms with van der Waals surface area (Å²) < 4.78 is 0. The molecule has 15 heavy (non-hydrogen) atoms. The van der Waals surface area contributed by atoms with Crippen molar-refractivity contribution in [1.29, 1.82) is 0 Å². The predicted molar refractivity (Wildman–Crippen MR) is 59.7 cm³/mol. The van der Waals surface area contributed by atoms with Crippen molar-refractivity contribution in [2.75, 3.05) is 13.2 Å². The maximum atomic E-state index is 11.3. The van der Waals surface area contributed by atoms with Crippen LogP contribution in [0.3, 0.4) is 0 Å². The van der Waals surface area contributed by atoms with Crippen molar-refractivity contribution in [1.82, 2.24) is 10.6 Å². The summed E-state index contributed by atoms with van der Waals surface area (Å²) in [6.45, 7) is 2.94. The molecule has 1 rings (SSSR count). The summed E-state index contributed by atoms with van der Waals surface area (Å²) >= 11 is 0. The fourth-order valence-electron chi connectivity index (χ4n) is 1.53. The number of rotatable bonds is 6. The summed E-state index contributed by atoms with van der Waals surface area (Å²) in [6, 6.07) is 0.359. The first-order valence-corrected chi connectivity index (χ1v) is 5.87. The molecule has 0 aromatic carbocycles.